The van der Waals surface area contributed by atoms with E-state index < -0.39 is 0 Å². The first-order chi connectivity index (χ1) is 10.5. The Morgan fingerprint density at radius 3 is 2.50 bits per heavy atom. The molecule has 0 radical (unpaired) electrons. The standard InChI is InChI=1S/C15H19N5O2/c1-10-13(15(22)19-17-10)8-14(21)18-16-9-11-4-6-12(7-5-11)20(2)3/h4-7,9H,8H2,1-3H3,(H,18,21)(H2,17,19,22)/b16-9-. The fourth-order valence-electron chi connectivity index (χ4n) is 1.92. The topological polar surface area (TPSA) is 93.3 Å². The van der Waals surface area contributed by atoms with Crippen LogP contribution in [0.25, 0.3) is 0 Å². The minimum atomic E-state index is -0.339. The number of nitrogens with zero attached hydrogens (tertiary/aromatic N) is 2. The average molecular weight is 301 g/mol. The number of hydrazone groups is 1. The van der Waals surface area contributed by atoms with Gasteiger partial charge >= 0.3 is 0 Å². The van der Waals surface area contributed by atoms with Crippen molar-refractivity contribution in [3.05, 3.63) is 51.4 Å². The van der Waals surface area contributed by atoms with Gasteiger partial charge in [0, 0.05) is 31.0 Å². The first-order valence-electron chi connectivity index (χ1n) is 6.83. The average Bonchev–Trinajstić information content (AvgIpc) is 2.79. The van der Waals surface area contributed by atoms with E-state index in [1.165, 1.54) is 0 Å². The molecule has 0 bridgehead atoms. The zero-order chi connectivity index (χ0) is 16.1. The Morgan fingerprint density at radius 1 is 1.27 bits per heavy atom. The molecule has 1 aromatic heterocycles. The zero-order valence-corrected chi connectivity index (χ0v) is 12.8. The predicted octanol–water partition coefficient (Wildman–Crippen LogP) is 0.770. The Kier molecular flexibility index (Phi) is 4.77. The molecule has 0 aliphatic heterocycles. The third-order valence-corrected chi connectivity index (χ3v) is 3.24. The van der Waals surface area contributed by atoms with E-state index in [1.807, 2.05) is 43.3 Å². The number of aryl methyl sites for hydroxylation is 1. The summed E-state index contributed by atoms with van der Waals surface area (Å²) in [5, 5.41) is 9.01. The molecular weight excluding hydrogens is 282 g/mol. The maximum Gasteiger partial charge on any atom is 0.267 e. The van der Waals surface area contributed by atoms with Crippen LogP contribution in [-0.4, -0.2) is 36.4 Å². The van der Waals surface area contributed by atoms with Crippen LogP contribution in [0.2, 0.25) is 0 Å². The van der Waals surface area contributed by atoms with E-state index in [-0.39, 0.29) is 17.9 Å². The number of hydrogen-bond acceptors (Lipinski definition) is 4. The Hall–Kier alpha value is -2.83. The van der Waals surface area contributed by atoms with Gasteiger partial charge < -0.3 is 10.00 Å². The Bertz CT molecular complexity index is 725. The number of carbonyl (C=O) groups excluding carboxylic acids is 1. The second-order valence-corrected chi connectivity index (χ2v) is 5.14. The van der Waals surface area contributed by atoms with Gasteiger partial charge in [0.1, 0.15) is 0 Å². The molecule has 7 nitrogen and oxygen atoms in total. The maximum atomic E-state index is 11.8. The fraction of sp³-hybridized carbons (Fsp3) is 0.267. The van der Waals surface area contributed by atoms with Gasteiger partial charge in [0.25, 0.3) is 5.56 Å². The number of benzene rings is 1. The number of H-pyrrole nitrogens is 2. The summed E-state index contributed by atoms with van der Waals surface area (Å²) in [5.74, 6) is -0.339. The first-order valence-corrected chi connectivity index (χ1v) is 6.83. The van der Waals surface area contributed by atoms with Crippen molar-refractivity contribution >= 4 is 17.8 Å². The largest absolute Gasteiger partial charge is 0.378 e. The number of hydrogen-bond donors (Lipinski definition) is 3. The molecule has 0 saturated heterocycles. The third kappa shape index (κ3) is 3.85. The molecular formula is C15H19N5O2. The number of anilines is 1. The molecule has 3 N–H and O–H groups in total. The highest BCUT2D eigenvalue weighted by atomic mass is 16.2. The summed E-state index contributed by atoms with van der Waals surface area (Å²) in [5.41, 5.74) is 5.17. The normalized spacial score (nSPS) is 10.9. The van der Waals surface area contributed by atoms with Crippen molar-refractivity contribution in [2.45, 2.75) is 13.3 Å². The van der Waals surface area contributed by atoms with Crippen molar-refractivity contribution in [2.24, 2.45) is 5.10 Å². The van der Waals surface area contributed by atoms with E-state index in [0.29, 0.717) is 11.3 Å². The molecule has 0 unspecified atom stereocenters. The summed E-state index contributed by atoms with van der Waals surface area (Å²) in [6.07, 6.45) is 1.55. The molecule has 1 amide bonds. The summed E-state index contributed by atoms with van der Waals surface area (Å²) in [6, 6.07) is 7.75. The Labute approximate surface area is 128 Å². The van der Waals surface area contributed by atoms with Crippen LogP contribution in [0.5, 0.6) is 0 Å². The third-order valence-electron chi connectivity index (χ3n) is 3.24. The second kappa shape index (κ2) is 6.75. The Balaban J connectivity index is 1.92. The van der Waals surface area contributed by atoms with Gasteiger partial charge in [0.05, 0.1) is 12.6 Å². The summed E-state index contributed by atoms with van der Waals surface area (Å²) >= 11 is 0. The molecule has 0 atom stereocenters. The van der Waals surface area contributed by atoms with Crippen molar-refractivity contribution in [2.75, 3.05) is 19.0 Å². The summed E-state index contributed by atoms with van der Waals surface area (Å²) in [4.78, 5) is 25.2. The van der Waals surface area contributed by atoms with Gasteiger partial charge in [-0.3, -0.25) is 14.7 Å². The molecule has 1 heterocycles. The molecule has 1 aromatic carbocycles. The number of rotatable bonds is 5. The van der Waals surface area contributed by atoms with E-state index in [0.717, 1.165) is 11.3 Å². The van der Waals surface area contributed by atoms with Gasteiger partial charge in [-0.15, -0.1) is 0 Å². The Morgan fingerprint density at radius 2 is 1.95 bits per heavy atom. The molecule has 0 spiro atoms. The fourth-order valence-corrected chi connectivity index (χ4v) is 1.92. The van der Waals surface area contributed by atoms with Crippen LogP contribution in [0.4, 0.5) is 5.69 Å². The van der Waals surface area contributed by atoms with E-state index in [2.05, 4.69) is 20.7 Å². The van der Waals surface area contributed by atoms with Crippen LogP contribution >= 0.6 is 0 Å². The molecule has 2 aromatic rings. The highest BCUT2D eigenvalue weighted by Gasteiger charge is 2.10. The lowest BCUT2D eigenvalue weighted by Crippen LogP contribution is -2.23. The zero-order valence-electron chi connectivity index (χ0n) is 12.8. The van der Waals surface area contributed by atoms with Crippen molar-refractivity contribution in [3.8, 4) is 0 Å². The van der Waals surface area contributed by atoms with E-state index >= 15 is 0 Å². The van der Waals surface area contributed by atoms with Gasteiger partial charge in [-0.25, -0.2) is 5.43 Å². The van der Waals surface area contributed by atoms with Gasteiger partial charge in [-0.1, -0.05) is 12.1 Å². The minimum Gasteiger partial charge on any atom is -0.378 e. The highest BCUT2D eigenvalue weighted by Crippen LogP contribution is 2.10. The van der Waals surface area contributed by atoms with E-state index in [4.69, 9.17) is 0 Å². The van der Waals surface area contributed by atoms with Crippen molar-refractivity contribution < 1.29 is 4.79 Å². The lowest BCUT2D eigenvalue weighted by molar-refractivity contribution is -0.120. The number of nitrogens with one attached hydrogen (secondary N) is 3. The molecule has 7 heteroatoms. The maximum absolute atomic E-state index is 11.8. The van der Waals surface area contributed by atoms with Crippen molar-refractivity contribution in [3.63, 3.8) is 0 Å². The lowest BCUT2D eigenvalue weighted by atomic mass is 10.2. The van der Waals surface area contributed by atoms with Crippen LogP contribution in [0, 0.1) is 6.92 Å². The van der Waals surface area contributed by atoms with Crippen molar-refractivity contribution in [1.29, 1.82) is 0 Å². The number of carbonyl (C=O) groups is 1. The lowest BCUT2D eigenvalue weighted by Gasteiger charge is -2.11. The van der Waals surface area contributed by atoms with Crippen molar-refractivity contribution in [1.82, 2.24) is 15.6 Å². The molecule has 22 heavy (non-hydrogen) atoms. The highest BCUT2D eigenvalue weighted by molar-refractivity contribution is 5.83. The van der Waals surface area contributed by atoms with E-state index in [1.54, 1.807) is 13.1 Å². The SMILES string of the molecule is Cc1[nH][nH]c(=O)c1CC(=O)N/N=C\c1ccc(N(C)C)cc1. The molecule has 0 aliphatic rings. The quantitative estimate of drug-likeness (QED) is 0.562. The van der Waals surface area contributed by atoms with Crippen LogP contribution in [-0.2, 0) is 11.2 Å². The molecule has 0 aliphatic carbocycles. The monoisotopic (exact) mass is 301 g/mol. The smallest absolute Gasteiger partial charge is 0.267 e. The number of amides is 1. The van der Waals surface area contributed by atoms with Gasteiger partial charge in [0.15, 0.2) is 0 Å². The molecule has 0 fully saturated rings. The number of aromatic nitrogens is 2. The van der Waals surface area contributed by atoms with Gasteiger partial charge in [-0.05, 0) is 24.6 Å². The van der Waals surface area contributed by atoms with Crippen LogP contribution in [0.1, 0.15) is 16.8 Å². The summed E-state index contributed by atoms with van der Waals surface area (Å²) in [6.45, 7) is 1.73. The second-order valence-electron chi connectivity index (χ2n) is 5.14. The van der Waals surface area contributed by atoms with E-state index in [9.17, 15) is 9.59 Å². The molecule has 116 valence electrons. The van der Waals surface area contributed by atoms with Crippen LogP contribution in [0.3, 0.4) is 0 Å². The van der Waals surface area contributed by atoms with Crippen LogP contribution in [0.15, 0.2) is 34.2 Å². The summed E-state index contributed by atoms with van der Waals surface area (Å²) in [7, 11) is 3.93. The summed E-state index contributed by atoms with van der Waals surface area (Å²) < 4.78 is 0. The van der Waals surface area contributed by atoms with Crippen LogP contribution < -0.4 is 15.9 Å². The van der Waals surface area contributed by atoms with Gasteiger partial charge in [-0.2, -0.15) is 5.10 Å². The number of aromatic amines is 2. The van der Waals surface area contributed by atoms with Gasteiger partial charge in [0.2, 0.25) is 5.91 Å². The molecule has 2 rings (SSSR count). The molecule has 0 saturated carbocycles. The minimum absolute atomic E-state index is 0.0123. The predicted molar refractivity (Wildman–Crippen MR) is 86.4 cm³/mol. The first kappa shape index (κ1) is 15.6.